The van der Waals surface area contributed by atoms with Crippen LogP contribution in [0.2, 0.25) is 0 Å². The normalized spacial score (nSPS) is 16.4. The lowest BCUT2D eigenvalue weighted by Crippen LogP contribution is -2.42. The molecule has 148 valence electrons. The number of amides is 1. The highest BCUT2D eigenvalue weighted by molar-refractivity contribution is 7.92. The van der Waals surface area contributed by atoms with E-state index in [0.717, 1.165) is 42.2 Å². The molecule has 0 saturated heterocycles. The summed E-state index contributed by atoms with van der Waals surface area (Å²) in [4.78, 5) is 23.8. The van der Waals surface area contributed by atoms with Gasteiger partial charge < -0.3 is 10.1 Å². The molecule has 1 atom stereocenters. The lowest BCUT2D eigenvalue weighted by Gasteiger charge is -2.17. The zero-order valence-corrected chi connectivity index (χ0v) is 16.4. The molecule has 1 aliphatic carbocycles. The van der Waals surface area contributed by atoms with Crippen LogP contribution in [-0.2, 0) is 24.3 Å². The minimum atomic E-state index is -3.79. The summed E-state index contributed by atoms with van der Waals surface area (Å²) in [6, 6.07) is 7.45. The number of hydrogen-bond donors (Lipinski definition) is 2. The highest BCUT2D eigenvalue weighted by Crippen LogP contribution is 2.17. The first kappa shape index (κ1) is 21.1. The maximum atomic E-state index is 12.0. The fraction of sp³-hybridized carbons (Fsp3) is 0.474. The topological polar surface area (TPSA) is 102 Å². The van der Waals surface area contributed by atoms with E-state index in [-0.39, 0.29) is 11.9 Å². The number of nitrogens with one attached hydrogen (secondary N) is 2. The molecule has 1 saturated carbocycles. The van der Waals surface area contributed by atoms with Crippen LogP contribution in [0.4, 0.5) is 0 Å². The van der Waals surface area contributed by atoms with Crippen LogP contribution in [-0.4, -0.2) is 39.0 Å². The molecule has 0 bridgehead atoms. The van der Waals surface area contributed by atoms with Crippen LogP contribution < -0.4 is 10.0 Å². The van der Waals surface area contributed by atoms with Crippen molar-refractivity contribution in [2.24, 2.45) is 0 Å². The zero-order valence-electron chi connectivity index (χ0n) is 15.6. The van der Waals surface area contributed by atoms with E-state index < -0.39 is 28.6 Å². The van der Waals surface area contributed by atoms with Gasteiger partial charge in [-0.2, -0.15) is 0 Å². The van der Waals surface area contributed by atoms with Crippen molar-refractivity contribution in [1.82, 2.24) is 10.0 Å². The molecular formula is C19H26N2O5S. The standard InChI is InChI=1S/C19H26N2O5S/c1-14-7-9-16(10-8-14)11-12-27(24,25)20-13-18(22)26-15(2)19(23)21-17-5-3-4-6-17/h7-12,15,17,20H,3-6,13H2,1-2H3,(H,21,23)/b12-11+/t15-/m1/s1. The van der Waals surface area contributed by atoms with Crippen LogP contribution in [0.5, 0.6) is 0 Å². The summed E-state index contributed by atoms with van der Waals surface area (Å²) in [6.07, 6.45) is 4.49. The van der Waals surface area contributed by atoms with Gasteiger partial charge >= 0.3 is 5.97 Å². The molecule has 2 rings (SSSR count). The van der Waals surface area contributed by atoms with Crippen LogP contribution in [0.15, 0.2) is 29.7 Å². The summed E-state index contributed by atoms with van der Waals surface area (Å²) in [5.41, 5.74) is 1.80. The number of esters is 1. The average molecular weight is 394 g/mol. The van der Waals surface area contributed by atoms with E-state index in [1.807, 2.05) is 19.1 Å². The molecule has 0 radical (unpaired) electrons. The van der Waals surface area contributed by atoms with Crippen molar-refractivity contribution < 1.29 is 22.7 Å². The molecule has 1 amide bonds. The molecule has 0 aromatic heterocycles. The SMILES string of the molecule is Cc1ccc(/C=C/S(=O)(=O)NCC(=O)O[C@H](C)C(=O)NC2CCCC2)cc1. The summed E-state index contributed by atoms with van der Waals surface area (Å²) < 4.78 is 31.0. The summed E-state index contributed by atoms with van der Waals surface area (Å²) in [7, 11) is -3.79. The molecule has 0 heterocycles. The van der Waals surface area contributed by atoms with Crippen LogP contribution in [0.25, 0.3) is 6.08 Å². The number of sulfonamides is 1. The lowest BCUT2D eigenvalue weighted by atomic mass is 10.2. The van der Waals surface area contributed by atoms with Crippen molar-refractivity contribution >= 4 is 28.0 Å². The predicted octanol–water partition coefficient (Wildman–Crippen LogP) is 1.88. The number of hydrogen-bond acceptors (Lipinski definition) is 5. The van der Waals surface area contributed by atoms with E-state index in [1.165, 1.54) is 13.0 Å². The highest BCUT2D eigenvalue weighted by atomic mass is 32.2. The minimum absolute atomic E-state index is 0.129. The third kappa shape index (κ3) is 7.52. The maximum absolute atomic E-state index is 12.0. The van der Waals surface area contributed by atoms with Gasteiger partial charge in [0, 0.05) is 11.4 Å². The first-order valence-electron chi connectivity index (χ1n) is 8.99. The van der Waals surface area contributed by atoms with Crippen LogP contribution in [0.3, 0.4) is 0 Å². The van der Waals surface area contributed by atoms with Crippen LogP contribution >= 0.6 is 0 Å². The highest BCUT2D eigenvalue weighted by Gasteiger charge is 2.23. The molecule has 1 aliphatic rings. The first-order chi connectivity index (χ1) is 12.7. The summed E-state index contributed by atoms with van der Waals surface area (Å²) in [6.45, 7) is 2.86. The Morgan fingerprint density at radius 1 is 1.22 bits per heavy atom. The third-order valence-electron chi connectivity index (χ3n) is 4.31. The zero-order chi connectivity index (χ0) is 19.9. The molecule has 2 N–H and O–H groups in total. The van der Waals surface area contributed by atoms with E-state index in [9.17, 15) is 18.0 Å². The van der Waals surface area contributed by atoms with Gasteiger partial charge in [-0.25, -0.2) is 13.1 Å². The maximum Gasteiger partial charge on any atom is 0.321 e. The van der Waals surface area contributed by atoms with E-state index in [2.05, 4.69) is 10.0 Å². The molecule has 0 aliphatic heterocycles. The predicted molar refractivity (Wildman–Crippen MR) is 103 cm³/mol. The van der Waals surface area contributed by atoms with E-state index in [0.29, 0.717) is 0 Å². The van der Waals surface area contributed by atoms with Gasteiger partial charge in [-0.1, -0.05) is 42.7 Å². The van der Waals surface area contributed by atoms with Crippen molar-refractivity contribution in [3.8, 4) is 0 Å². The lowest BCUT2D eigenvalue weighted by molar-refractivity contribution is -0.153. The molecule has 0 spiro atoms. The average Bonchev–Trinajstić information content (AvgIpc) is 3.12. The number of ether oxygens (including phenoxy) is 1. The molecule has 1 aromatic rings. The van der Waals surface area contributed by atoms with Crippen molar-refractivity contribution in [2.75, 3.05) is 6.54 Å². The molecule has 8 heteroatoms. The first-order valence-corrected chi connectivity index (χ1v) is 10.5. The Morgan fingerprint density at radius 3 is 2.48 bits per heavy atom. The van der Waals surface area contributed by atoms with Crippen LogP contribution in [0, 0.1) is 6.92 Å². The fourth-order valence-electron chi connectivity index (χ4n) is 2.73. The van der Waals surface area contributed by atoms with E-state index in [4.69, 9.17) is 4.74 Å². The Morgan fingerprint density at radius 2 is 1.85 bits per heavy atom. The Labute approximate surface area is 160 Å². The van der Waals surface area contributed by atoms with Gasteiger partial charge in [-0.05, 0) is 38.3 Å². The largest absolute Gasteiger partial charge is 0.452 e. The van der Waals surface area contributed by atoms with Crippen molar-refractivity contribution in [2.45, 2.75) is 51.7 Å². The van der Waals surface area contributed by atoms with Crippen molar-refractivity contribution in [3.63, 3.8) is 0 Å². The quantitative estimate of drug-likeness (QED) is 0.656. The molecule has 1 aromatic carbocycles. The van der Waals surface area contributed by atoms with Gasteiger partial charge in [0.1, 0.15) is 6.54 Å². The van der Waals surface area contributed by atoms with Crippen molar-refractivity contribution in [1.29, 1.82) is 0 Å². The van der Waals surface area contributed by atoms with Gasteiger partial charge in [0.15, 0.2) is 6.10 Å². The molecule has 27 heavy (non-hydrogen) atoms. The molecule has 1 fully saturated rings. The Hall–Kier alpha value is -2.19. The number of benzene rings is 1. The van der Waals surface area contributed by atoms with Gasteiger partial charge in [0.25, 0.3) is 5.91 Å². The third-order valence-corrected chi connectivity index (χ3v) is 5.35. The van der Waals surface area contributed by atoms with E-state index >= 15 is 0 Å². The van der Waals surface area contributed by atoms with Crippen LogP contribution in [0.1, 0.15) is 43.7 Å². The van der Waals surface area contributed by atoms with Gasteiger partial charge in [-0.3, -0.25) is 9.59 Å². The molecule has 0 unspecified atom stereocenters. The number of rotatable bonds is 8. The van der Waals surface area contributed by atoms with Gasteiger partial charge in [0.2, 0.25) is 10.0 Å². The summed E-state index contributed by atoms with van der Waals surface area (Å²) in [5, 5.41) is 3.82. The minimum Gasteiger partial charge on any atom is -0.452 e. The van der Waals surface area contributed by atoms with Gasteiger partial charge in [0.05, 0.1) is 0 Å². The summed E-state index contributed by atoms with van der Waals surface area (Å²) >= 11 is 0. The summed E-state index contributed by atoms with van der Waals surface area (Å²) in [5.74, 6) is -1.17. The second-order valence-corrected chi connectivity index (χ2v) is 8.35. The molecule has 7 nitrogen and oxygen atoms in total. The number of aryl methyl sites for hydroxylation is 1. The van der Waals surface area contributed by atoms with Gasteiger partial charge in [-0.15, -0.1) is 0 Å². The Bertz CT molecular complexity index is 781. The second kappa shape index (κ2) is 9.66. The van der Waals surface area contributed by atoms with E-state index in [1.54, 1.807) is 12.1 Å². The Balaban J connectivity index is 1.77. The molecular weight excluding hydrogens is 368 g/mol. The number of carbonyl (C=O) groups excluding carboxylic acids is 2. The fourth-order valence-corrected chi connectivity index (χ4v) is 3.49. The number of carbonyl (C=O) groups is 2. The smallest absolute Gasteiger partial charge is 0.321 e. The van der Waals surface area contributed by atoms with Crippen molar-refractivity contribution in [3.05, 3.63) is 40.8 Å². The Kier molecular flexibility index (Phi) is 7.55. The second-order valence-electron chi connectivity index (χ2n) is 6.70. The monoisotopic (exact) mass is 394 g/mol.